The SMILES string of the molecule is CCN(C)C(C)CNC1CC1. The van der Waals surface area contributed by atoms with Crippen LogP contribution >= 0.6 is 0 Å². The van der Waals surface area contributed by atoms with E-state index in [1.54, 1.807) is 0 Å². The summed E-state index contributed by atoms with van der Waals surface area (Å²) in [5.74, 6) is 0. The van der Waals surface area contributed by atoms with Crippen molar-refractivity contribution in [2.45, 2.75) is 38.8 Å². The van der Waals surface area contributed by atoms with Crippen LogP contribution in [-0.4, -0.2) is 37.1 Å². The summed E-state index contributed by atoms with van der Waals surface area (Å²) in [6, 6.07) is 1.53. The quantitative estimate of drug-likeness (QED) is 0.641. The van der Waals surface area contributed by atoms with Crippen LogP contribution in [0.25, 0.3) is 0 Å². The fraction of sp³-hybridized carbons (Fsp3) is 1.00. The van der Waals surface area contributed by atoms with Gasteiger partial charge in [-0.2, -0.15) is 0 Å². The Labute approximate surface area is 70.0 Å². The maximum atomic E-state index is 3.53. The van der Waals surface area contributed by atoms with Crippen LogP contribution in [0.15, 0.2) is 0 Å². The highest BCUT2D eigenvalue weighted by molar-refractivity contribution is 4.82. The average Bonchev–Trinajstić information content (AvgIpc) is 2.81. The monoisotopic (exact) mass is 156 g/mol. The van der Waals surface area contributed by atoms with Crippen molar-refractivity contribution in [2.75, 3.05) is 20.1 Å². The number of hydrogen-bond donors (Lipinski definition) is 1. The van der Waals surface area contributed by atoms with Crippen LogP contribution in [0.2, 0.25) is 0 Å². The van der Waals surface area contributed by atoms with E-state index in [1.807, 2.05) is 0 Å². The number of likely N-dealkylation sites (N-methyl/N-ethyl adjacent to an activating group) is 1. The van der Waals surface area contributed by atoms with Gasteiger partial charge in [-0.25, -0.2) is 0 Å². The van der Waals surface area contributed by atoms with Crippen LogP contribution in [0.3, 0.4) is 0 Å². The molecule has 0 amide bonds. The normalized spacial score (nSPS) is 20.7. The van der Waals surface area contributed by atoms with Gasteiger partial charge in [-0.15, -0.1) is 0 Å². The van der Waals surface area contributed by atoms with Crippen molar-refractivity contribution >= 4 is 0 Å². The number of nitrogens with zero attached hydrogens (tertiary/aromatic N) is 1. The summed E-state index contributed by atoms with van der Waals surface area (Å²) < 4.78 is 0. The van der Waals surface area contributed by atoms with Crippen molar-refractivity contribution in [3.8, 4) is 0 Å². The van der Waals surface area contributed by atoms with E-state index >= 15 is 0 Å². The van der Waals surface area contributed by atoms with Gasteiger partial charge in [0.1, 0.15) is 0 Å². The van der Waals surface area contributed by atoms with Crippen LogP contribution in [0.4, 0.5) is 0 Å². The third kappa shape index (κ3) is 3.21. The summed E-state index contributed by atoms with van der Waals surface area (Å²) in [5, 5.41) is 3.53. The number of hydrogen-bond acceptors (Lipinski definition) is 2. The number of rotatable bonds is 5. The molecule has 1 fully saturated rings. The van der Waals surface area contributed by atoms with E-state index in [1.165, 1.54) is 12.8 Å². The van der Waals surface area contributed by atoms with E-state index in [4.69, 9.17) is 0 Å². The van der Waals surface area contributed by atoms with Gasteiger partial charge < -0.3 is 10.2 Å². The molecule has 1 aliphatic rings. The van der Waals surface area contributed by atoms with Gasteiger partial charge in [0, 0.05) is 18.6 Å². The topological polar surface area (TPSA) is 15.3 Å². The maximum Gasteiger partial charge on any atom is 0.0189 e. The molecule has 0 aromatic heterocycles. The average molecular weight is 156 g/mol. The van der Waals surface area contributed by atoms with Crippen LogP contribution in [0, 0.1) is 0 Å². The Morgan fingerprint density at radius 3 is 2.64 bits per heavy atom. The molecule has 0 spiro atoms. The van der Waals surface area contributed by atoms with Crippen molar-refractivity contribution in [1.29, 1.82) is 0 Å². The lowest BCUT2D eigenvalue weighted by Crippen LogP contribution is -2.38. The van der Waals surface area contributed by atoms with Gasteiger partial charge in [0.2, 0.25) is 0 Å². The first kappa shape index (κ1) is 9.01. The molecule has 0 radical (unpaired) electrons. The largest absolute Gasteiger partial charge is 0.312 e. The fourth-order valence-corrected chi connectivity index (χ4v) is 1.09. The molecule has 0 aliphatic heterocycles. The molecule has 0 aromatic rings. The Morgan fingerprint density at radius 1 is 1.55 bits per heavy atom. The van der Waals surface area contributed by atoms with Crippen LogP contribution in [-0.2, 0) is 0 Å². The van der Waals surface area contributed by atoms with Crippen LogP contribution < -0.4 is 5.32 Å². The van der Waals surface area contributed by atoms with Gasteiger partial charge in [0.05, 0.1) is 0 Å². The molecule has 1 aliphatic carbocycles. The van der Waals surface area contributed by atoms with Crippen LogP contribution in [0.5, 0.6) is 0 Å². The summed E-state index contributed by atoms with van der Waals surface area (Å²) in [4.78, 5) is 2.37. The minimum atomic E-state index is 0.681. The maximum absolute atomic E-state index is 3.53. The van der Waals surface area contributed by atoms with Crippen molar-refractivity contribution in [3.05, 3.63) is 0 Å². The van der Waals surface area contributed by atoms with Gasteiger partial charge >= 0.3 is 0 Å². The molecule has 1 saturated carbocycles. The summed E-state index contributed by atoms with van der Waals surface area (Å²) in [6.45, 7) is 6.77. The Bertz CT molecular complexity index is 110. The third-order valence-corrected chi connectivity index (χ3v) is 2.53. The fourth-order valence-electron chi connectivity index (χ4n) is 1.09. The molecule has 0 saturated heterocycles. The van der Waals surface area contributed by atoms with Crippen LogP contribution in [0.1, 0.15) is 26.7 Å². The summed E-state index contributed by atoms with van der Waals surface area (Å²) >= 11 is 0. The minimum absolute atomic E-state index is 0.681. The lowest BCUT2D eigenvalue weighted by molar-refractivity contribution is 0.263. The molecule has 1 N–H and O–H groups in total. The van der Waals surface area contributed by atoms with Crippen molar-refractivity contribution in [2.24, 2.45) is 0 Å². The second kappa shape index (κ2) is 4.07. The van der Waals surface area contributed by atoms with Crippen molar-refractivity contribution < 1.29 is 0 Å². The highest BCUT2D eigenvalue weighted by atomic mass is 15.1. The predicted octanol–water partition coefficient (Wildman–Crippen LogP) is 1.08. The highest BCUT2D eigenvalue weighted by Crippen LogP contribution is 2.18. The zero-order chi connectivity index (χ0) is 8.27. The zero-order valence-corrected chi connectivity index (χ0v) is 7.93. The van der Waals surface area contributed by atoms with Gasteiger partial charge in [-0.05, 0) is 33.4 Å². The first-order chi connectivity index (χ1) is 5.24. The van der Waals surface area contributed by atoms with E-state index in [0.29, 0.717) is 6.04 Å². The Morgan fingerprint density at radius 2 is 2.18 bits per heavy atom. The zero-order valence-electron chi connectivity index (χ0n) is 7.93. The molecule has 11 heavy (non-hydrogen) atoms. The molecule has 0 aromatic carbocycles. The first-order valence-electron chi connectivity index (χ1n) is 4.67. The second-order valence-electron chi connectivity index (χ2n) is 3.60. The molecule has 1 rings (SSSR count). The number of nitrogens with one attached hydrogen (secondary N) is 1. The first-order valence-corrected chi connectivity index (χ1v) is 4.67. The predicted molar refractivity (Wildman–Crippen MR) is 48.8 cm³/mol. The minimum Gasteiger partial charge on any atom is -0.312 e. The molecule has 1 unspecified atom stereocenters. The van der Waals surface area contributed by atoms with Crippen molar-refractivity contribution in [1.82, 2.24) is 10.2 Å². The molecular formula is C9H20N2. The molecule has 2 nitrogen and oxygen atoms in total. The second-order valence-corrected chi connectivity index (χ2v) is 3.60. The smallest absolute Gasteiger partial charge is 0.0189 e. The Kier molecular flexibility index (Phi) is 3.34. The van der Waals surface area contributed by atoms with Gasteiger partial charge in [0.25, 0.3) is 0 Å². The van der Waals surface area contributed by atoms with E-state index in [2.05, 4.69) is 31.1 Å². The Hall–Kier alpha value is -0.0800. The molecule has 66 valence electrons. The standard InChI is InChI=1S/C9H20N2/c1-4-11(3)8(2)7-10-9-5-6-9/h8-10H,4-7H2,1-3H3. The van der Waals surface area contributed by atoms with Gasteiger partial charge in [-0.3, -0.25) is 0 Å². The molecule has 0 bridgehead atoms. The van der Waals surface area contributed by atoms with Crippen molar-refractivity contribution in [3.63, 3.8) is 0 Å². The molecular weight excluding hydrogens is 136 g/mol. The molecule has 1 atom stereocenters. The van der Waals surface area contributed by atoms with E-state index in [-0.39, 0.29) is 0 Å². The van der Waals surface area contributed by atoms with E-state index in [9.17, 15) is 0 Å². The molecule has 2 heteroatoms. The lowest BCUT2D eigenvalue weighted by atomic mass is 10.3. The molecule has 0 heterocycles. The van der Waals surface area contributed by atoms with Gasteiger partial charge in [-0.1, -0.05) is 6.92 Å². The van der Waals surface area contributed by atoms with E-state index in [0.717, 1.165) is 19.1 Å². The van der Waals surface area contributed by atoms with Gasteiger partial charge in [0.15, 0.2) is 0 Å². The summed E-state index contributed by atoms with van der Waals surface area (Å²) in [7, 11) is 2.18. The van der Waals surface area contributed by atoms with E-state index < -0.39 is 0 Å². The third-order valence-electron chi connectivity index (χ3n) is 2.53. The highest BCUT2D eigenvalue weighted by Gasteiger charge is 2.21. The Balaban J connectivity index is 2.03. The summed E-state index contributed by atoms with van der Waals surface area (Å²) in [5.41, 5.74) is 0. The summed E-state index contributed by atoms with van der Waals surface area (Å²) in [6.07, 6.45) is 2.78. The lowest BCUT2D eigenvalue weighted by Gasteiger charge is -2.23.